The monoisotopic (exact) mass is 292 g/mol. The zero-order valence-corrected chi connectivity index (χ0v) is 13.0. The fourth-order valence-corrected chi connectivity index (χ4v) is 2.16. The van der Waals surface area contributed by atoms with Crippen LogP contribution in [0.15, 0.2) is 18.2 Å². The van der Waals surface area contributed by atoms with Crippen molar-refractivity contribution in [2.45, 2.75) is 40.0 Å². The lowest BCUT2D eigenvalue weighted by molar-refractivity contribution is -0.116. The third-order valence-electron chi connectivity index (χ3n) is 3.38. The number of aromatic carboxylic acids is 1. The first-order valence-electron chi connectivity index (χ1n) is 7.45. The number of carbonyl (C=O) groups is 2. The summed E-state index contributed by atoms with van der Waals surface area (Å²) in [7, 11) is 0. The molecule has 0 bridgehead atoms. The van der Waals surface area contributed by atoms with Crippen LogP contribution in [0.25, 0.3) is 0 Å². The number of rotatable bonds is 8. The minimum absolute atomic E-state index is 0.0761. The van der Waals surface area contributed by atoms with Gasteiger partial charge in [0.05, 0.1) is 16.9 Å². The molecule has 2 N–H and O–H groups in total. The number of carboxylic acid groups (broad SMARTS) is 1. The first-order chi connectivity index (χ1) is 10.0. The lowest BCUT2D eigenvalue weighted by Crippen LogP contribution is -2.24. The summed E-state index contributed by atoms with van der Waals surface area (Å²) in [6, 6.07) is 4.85. The number of benzene rings is 1. The molecule has 0 radical (unpaired) electrons. The number of amides is 1. The Bertz CT molecular complexity index is 496. The second-order valence-electron chi connectivity index (χ2n) is 4.86. The van der Waals surface area contributed by atoms with Crippen LogP contribution in [-0.4, -0.2) is 30.1 Å². The maximum Gasteiger partial charge on any atom is 0.335 e. The van der Waals surface area contributed by atoms with Gasteiger partial charge in [0.25, 0.3) is 0 Å². The Morgan fingerprint density at radius 3 is 2.38 bits per heavy atom. The molecule has 21 heavy (non-hydrogen) atoms. The van der Waals surface area contributed by atoms with Gasteiger partial charge in [-0.3, -0.25) is 4.79 Å². The lowest BCUT2D eigenvalue weighted by atomic mass is 10.1. The van der Waals surface area contributed by atoms with Gasteiger partial charge in [-0.2, -0.15) is 0 Å². The number of anilines is 2. The van der Waals surface area contributed by atoms with Crippen molar-refractivity contribution >= 4 is 23.3 Å². The van der Waals surface area contributed by atoms with E-state index in [4.69, 9.17) is 5.11 Å². The van der Waals surface area contributed by atoms with Crippen LogP contribution in [0.2, 0.25) is 0 Å². The molecule has 1 aromatic carbocycles. The molecule has 0 saturated heterocycles. The minimum atomic E-state index is -0.995. The number of nitrogens with one attached hydrogen (secondary N) is 1. The summed E-state index contributed by atoms with van der Waals surface area (Å²) in [5.74, 6) is -1.07. The van der Waals surface area contributed by atoms with Crippen molar-refractivity contribution in [3.05, 3.63) is 23.8 Å². The molecule has 0 aliphatic rings. The maximum absolute atomic E-state index is 11.9. The molecule has 0 unspecified atom stereocenters. The Hall–Kier alpha value is -2.04. The standard InChI is InChI=1S/C16H24N2O3/c1-4-7-8-15(19)17-13-11-12(16(20)21)9-10-14(13)18(5-2)6-3/h9-11H,4-8H2,1-3H3,(H,17,19)(H,20,21). The van der Waals surface area contributed by atoms with E-state index in [-0.39, 0.29) is 11.5 Å². The van der Waals surface area contributed by atoms with Gasteiger partial charge in [-0.25, -0.2) is 4.79 Å². The van der Waals surface area contributed by atoms with Gasteiger partial charge >= 0.3 is 5.97 Å². The summed E-state index contributed by atoms with van der Waals surface area (Å²) in [6.45, 7) is 7.66. The number of nitrogens with zero attached hydrogens (tertiary/aromatic N) is 1. The number of hydrogen-bond donors (Lipinski definition) is 2. The predicted octanol–water partition coefficient (Wildman–Crippen LogP) is 3.36. The Morgan fingerprint density at radius 2 is 1.86 bits per heavy atom. The number of carboxylic acids is 1. The van der Waals surface area contributed by atoms with Crippen LogP contribution < -0.4 is 10.2 Å². The molecule has 5 heteroatoms. The van der Waals surface area contributed by atoms with Gasteiger partial charge in [0.15, 0.2) is 0 Å². The van der Waals surface area contributed by atoms with Crippen molar-refractivity contribution in [3.63, 3.8) is 0 Å². The zero-order valence-electron chi connectivity index (χ0n) is 13.0. The average molecular weight is 292 g/mol. The van der Waals surface area contributed by atoms with Crippen molar-refractivity contribution < 1.29 is 14.7 Å². The highest BCUT2D eigenvalue weighted by Gasteiger charge is 2.14. The molecule has 0 aliphatic carbocycles. The Kier molecular flexibility index (Phi) is 6.72. The van der Waals surface area contributed by atoms with E-state index in [1.807, 2.05) is 20.8 Å². The molecule has 0 heterocycles. The van der Waals surface area contributed by atoms with Gasteiger partial charge in [0.2, 0.25) is 5.91 Å². The van der Waals surface area contributed by atoms with Crippen molar-refractivity contribution in [2.24, 2.45) is 0 Å². The Labute approximate surface area is 126 Å². The van der Waals surface area contributed by atoms with Gasteiger partial charge in [-0.1, -0.05) is 13.3 Å². The van der Waals surface area contributed by atoms with E-state index in [1.54, 1.807) is 12.1 Å². The highest BCUT2D eigenvalue weighted by atomic mass is 16.4. The van der Waals surface area contributed by atoms with Crippen LogP contribution in [-0.2, 0) is 4.79 Å². The normalized spacial score (nSPS) is 10.2. The van der Waals surface area contributed by atoms with E-state index in [1.165, 1.54) is 6.07 Å². The number of unbranched alkanes of at least 4 members (excludes halogenated alkanes) is 1. The summed E-state index contributed by atoms with van der Waals surface area (Å²) in [5, 5.41) is 11.9. The molecule has 0 atom stereocenters. The quantitative estimate of drug-likeness (QED) is 0.771. The first kappa shape index (κ1) is 17.0. The SMILES string of the molecule is CCCCC(=O)Nc1cc(C(=O)O)ccc1N(CC)CC. The lowest BCUT2D eigenvalue weighted by Gasteiger charge is -2.24. The van der Waals surface area contributed by atoms with Gasteiger partial charge in [0, 0.05) is 19.5 Å². The largest absolute Gasteiger partial charge is 0.478 e. The molecule has 1 aromatic rings. The highest BCUT2D eigenvalue weighted by molar-refractivity contribution is 5.97. The van der Waals surface area contributed by atoms with Crippen molar-refractivity contribution in [2.75, 3.05) is 23.3 Å². The second-order valence-corrected chi connectivity index (χ2v) is 4.86. The summed E-state index contributed by atoms with van der Waals surface area (Å²) in [6.07, 6.45) is 2.22. The van der Waals surface area contributed by atoms with E-state index in [0.717, 1.165) is 31.6 Å². The molecular formula is C16H24N2O3. The van der Waals surface area contributed by atoms with E-state index in [0.29, 0.717) is 12.1 Å². The number of carbonyl (C=O) groups excluding carboxylic acids is 1. The van der Waals surface area contributed by atoms with Crippen LogP contribution >= 0.6 is 0 Å². The molecule has 0 spiro atoms. The average Bonchev–Trinajstić information content (AvgIpc) is 2.47. The Morgan fingerprint density at radius 1 is 1.19 bits per heavy atom. The van der Waals surface area contributed by atoms with Crippen LogP contribution in [0.1, 0.15) is 50.4 Å². The molecule has 1 amide bonds. The van der Waals surface area contributed by atoms with Crippen molar-refractivity contribution in [1.29, 1.82) is 0 Å². The minimum Gasteiger partial charge on any atom is -0.478 e. The molecule has 5 nitrogen and oxygen atoms in total. The molecule has 0 fully saturated rings. The van der Waals surface area contributed by atoms with E-state index in [9.17, 15) is 9.59 Å². The van der Waals surface area contributed by atoms with Gasteiger partial charge < -0.3 is 15.3 Å². The fraction of sp³-hybridized carbons (Fsp3) is 0.500. The zero-order chi connectivity index (χ0) is 15.8. The summed E-state index contributed by atoms with van der Waals surface area (Å²) in [5.41, 5.74) is 1.60. The summed E-state index contributed by atoms with van der Waals surface area (Å²) >= 11 is 0. The van der Waals surface area contributed by atoms with Gasteiger partial charge in [0.1, 0.15) is 0 Å². The van der Waals surface area contributed by atoms with Crippen LogP contribution in [0.5, 0.6) is 0 Å². The molecular weight excluding hydrogens is 268 g/mol. The molecule has 1 rings (SSSR count). The molecule has 0 aromatic heterocycles. The van der Waals surface area contributed by atoms with Crippen molar-refractivity contribution in [3.8, 4) is 0 Å². The van der Waals surface area contributed by atoms with Gasteiger partial charge in [-0.05, 0) is 38.5 Å². The van der Waals surface area contributed by atoms with Crippen LogP contribution in [0, 0.1) is 0 Å². The van der Waals surface area contributed by atoms with E-state index < -0.39 is 5.97 Å². The second kappa shape index (κ2) is 8.29. The summed E-state index contributed by atoms with van der Waals surface area (Å²) < 4.78 is 0. The fourth-order valence-electron chi connectivity index (χ4n) is 2.16. The van der Waals surface area contributed by atoms with E-state index in [2.05, 4.69) is 10.2 Å². The topological polar surface area (TPSA) is 69.6 Å². The third kappa shape index (κ3) is 4.77. The predicted molar refractivity (Wildman–Crippen MR) is 85.1 cm³/mol. The highest BCUT2D eigenvalue weighted by Crippen LogP contribution is 2.27. The molecule has 0 aliphatic heterocycles. The Balaban J connectivity index is 3.07. The van der Waals surface area contributed by atoms with E-state index >= 15 is 0 Å². The number of hydrogen-bond acceptors (Lipinski definition) is 3. The van der Waals surface area contributed by atoms with Crippen LogP contribution in [0.3, 0.4) is 0 Å². The van der Waals surface area contributed by atoms with Gasteiger partial charge in [-0.15, -0.1) is 0 Å². The summed E-state index contributed by atoms with van der Waals surface area (Å²) in [4.78, 5) is 25.1. The maximum atomic E-state index is 11.9. The van der Waals surface area contributed by atoms with Crippen molar-refractivity contribution in [1.82, 2.24) is 0 Å². The smallest absolute Gasteiger partial charge is 0.335 e. The first-order valence-corrected chi connectivity index (χ1v) is 7.45. The van der Waals surface area contributed by atoms with Crippen LogP contribution in [0.4, 0.5) is 11.4 Å². The molecule has 0 saturated carbocycles. The molecule has 116 valence electrons. The third-order valence-corrected chi connectivity index (χ3v) is 3.38.